The van der Waals surface area contributed by atoms with Gasteiger partial charge in [0.1, 0.15) is 0 Å². The maximum Gasteiger partial charge on any atom is 0.220 e. The monoisotopic (exact) mass is 239 g/mol. The molecular weight excluding hydrogens is 226 g/mol. The highest BCUT2D eigenvalue weighted by molar-refractivity contribution is 6.30. The van der Waals surface area contributed by atoms with Gasteiger partial charge in [0, 0.05) is 24.8 Å². The third kappa shape index (κ3) is 3.78. The summed E-state index contributed by atoms with van der Waals surface area (Å²) in [6.45, 7) is 0. The summed E-state index contributed by atoms with van der Waals surface area (Å²) in [7, 11) is 3.35. The first kappa shape index (κ1) is 12.3. The number of hydrogen-bond acceptors (Lipinski definition) is 1. The molecule has 0 amide bonds. The zero-order chi connectivity index (χ0) is 12.0. The Morgan fingerprint density at radius 2 is 1.94 bits per heavy atom. The van der Waals surface area contributed by atoms with E-state index in [0.717, 1.165) is 5.69 Å². The van der Waals surface area contributed by atoms with Crippen LogP contribution in [0.5, 0.6) is 0 Å². The highest BCUT2D eigenvalue weighted by Crippen LogP contribution is 2.12. The van der Waals surface area contributed by atoms with Crippen LogP contribution in [0.3, 0.4) is 0 Å². The van der Waals surface area contributed by atoms with Gasteiger partial charge in [-0.05, 0) is 24.3 Å². The first-order chi connectivity index (χ1) is 7.65. The molecule has 5 nitrogen and oxygen atoms in total. The number of rotatable bonds is 1. The molecule has 1 aromatic carbocycles. The second-order valence-electron chi connectivity index (χ2n) is 2.93. The second kappa shape index (κ2) is 5.97. The molecule has 0 saturated heterocycles. The molecule has 0 aliphatic heterocycles. The molecule has 0 bridgehead atoms. The van der Waals surface area contributed by atoms with Crippen LogP contribution in [0.15, 0.2) is 34.3 Å². The SMILES string of the molecule is CN=C(N=C(N)Nc1ccc(Cl)cc1)NC. The topological polar surface area (TPSA) is 74.8 Å². The van der Waals surface area contributed by atoms with Crippen LogP contribution in [0.1, 0.15) is 0 Å². The van der Waals surface area contributed by atoms with E-state index in [2.05, 4.69) is 20.6 Å². The Morgan fingerprint density at radius 1 is 1.31 bits per heavy atom. The van der Waals surface area contributed by atoms with Gasteiger partial charge in [-0.3, -0.25) is 4.99 Å². The number of nitrogens with two attached hydrogens (primary N) is 1. The minimum absolute atomic E-state index is 0.261. The summed E-state index contributed by atoms with van der Waals surface area (Å²) in [6, 6.07) is 7.16. The Kier molecular flexibility index (Phi) is 4.60. The van der Waals surface area contributed by atoms with E-state index in [4.69, 9.17) is 17.3 Å². The van der Waals surface area contributed by atoms with Crippen molar-refractivity contribution in [3.8, 4) is 0 Å². The maximum absolute atomic E-state index is 5.76. The molecule has 1 aromatic rings. The molecule has 6 heteroatoms. The standard InChI is InChI=1S/C10H14ClN5/c1-13-10(14-2)16-9(12)15-8-5-3-7(11)4-6-8/h3-6H,1-2H3,(H4,12,13,14,15,16). The molecule has 0 saturated carbocycles. The lowest BCUT2D eigenvalue weighted by Gasteiger charge is -2.05. The van der Waals surface area contributed by atoms with Gasteiger partial charge in [0.05, 0.1) is 0 Å². The number of benzene rings is 1. The molecule has 0 aliphatic rings. The van der Waals surface area contributed by atoms with Crippen molar-refractivity contribution in [2.45, 2.75) is 0 Å². The minimum Gasteiger partial charge on any atom is -0.369 e. The summed E-state index contributed by atoms with van der Waals surface area (Å²) >= 11 is 5.76. The zero-order valence-corrected chi connectivity index (χ0v) is 9.92. The van der Waals surface area contributed by atoms with Gasteiger partial charge < -0.3 is 16.4 Å². The summed E-state index contributed by atoms with van der Waals surface area (Å²) in [5.41, 5.74) is 6.50. The van der Waals surface area contributed by atoms with Crippen LogP contribution in [0.4, 0.5) is 5.69 Å². The molecule has 0 atom stereocenters. The number of nitrogens with one attached hydrogen (secondary N) is 2. The summed E-state index contributed by atoms with van der Waals surface area (Å²) in [6.07, 6.45) is 0. The number of halogens is 1. The van der Waals surface area contributed by atoms with Gasteiger partial charge in [0.25, 0.3) is 0 Å². The molecule has 4 N–H and O–H groups in total. The summed E-state index contributed by atoms with van der Waals surface area (Å²) < 4.78 is 0. The van der Waals surface area contributed by atoms with E-state index in [1.807, 2.05) is 12.1 Å². The highest BCUT2D eigenvalue weighted by Gasteiger charge is 1.96. The number of anilines is 1. The first-order valence-corrected chi connectivity index (χ1v) is 5.05. The molecule has 0 unspecified atom stereocenters. The van der Waals surface area contributed by atoms with E-state index in [1.165, 1.54) is 0 Å². The molecule has 86 valence electrons. The van der Waals surface area contributed by atoms with Crippen molar-refractivity contribution in [2.75, 3.05) is 19.4 Å². The fourth-order valence-corrected chi connectivity index (χ4v) is 1.17. The molecule has 16 heavy (non-hydrogen) atoms. The van der Waals surface area contributed by atoms with Crippen molar-refractivity contribution in [1.82, 2.24) is 5.32 Å². The van der Waals surface area contributed by atoms with Gasteiger partial charge in [-0.1, -0.05) is 11.6 Å². The first-order valence-electron chi connectivity index (χ1n) is 4.67. The Balaban J connectivity index is 2.70. The Bertz CT molecular complexity index is 396. The third-order valence-corrected chi connectivity index (χ3v) is 2.03. The lowest BCUT2D eigenvalue weighted by atomic mass is 10.3. The third-order valence-electron chi connectivity index (χ3n) is 1.78. The van der Waals surface area contributed by atoms with Crippen LogP contribution >= 0.6 is 11.6 Å². The van der Waals surface area contributed by atoms with Crippen molar-refractivity contribution >= 4 is 29.2 Å². The average Bonchev–Trinajstić information content (AvgIpc) is 2.29. The molecule has 1 rings (SSSR count). The quantitative estimate of drug-likeness (QED) is 0.510. The number of guanidine groups is 2. The van der Waals surface area contributed by atoms with Crippen molar-refractivity contribution in [2.24, 2.45) is 15.7 Å². The molecule has 0 spiro atoms. The van der Waals surface area contributed by atoms with Crippen LogP contribution < -0.4 is 16.4 Å². The van der Waals surface area contributed by atoms with Crippen molar-refractivity contribution < 1.29 is 0 Å². The number of aliphatic imine (C=N–C) groups is 2. The van der Waals surface area contributed by atoms with Crippen LogP contribution in [-0.4, -0.2) is 26.0 Å². The van der Waals surface area contributed by atoms with E-state index in [-0.39, 0.29) is 5.96 Å². The smallest absolute Gasteiger partial charge is 0.220 e. The zero-order valence-electron chi connectivity index (χ0n) is 9.16. The van der Waals surface area contributed by atoms with E-state index >= 15 is 0 Å². The second-order valence-corrected chi connectivity index (χ2v) is 3.36. The lowest BCUT2D eigenvalue weighted by Crippen LogP contribution is -2.27. The highest BCUT2D eigenvalue weighted by atomic mass is 35.5. The largest absolute Gasteiger partial charge is 0.369 e. The fraction of sp³-hybridized carbons (Fsp3) is 0.200. The predicted molar refractivity (Wildman–Crippen MR) is 69.1 cm³/mol. The minimum atomic E-state index is 0.261. The maximum atomic E-state index is 5.76. The number of hydrogen-bond donors (Lipinski definition) is 3. The summed E-state index contributed by atoms with van der Waals surface area (Å²) in [5, 5.41) is 6.39. The van der Waals surface area contributed by atoms with E-state index in [1.54, 1.807) is 26.2 Å². The predicted octanol–water partition coefficient (Wildman–Crippen LogP) is 1.27. The van der Waals surface area contributed by atoms with E-state index in [9.17, 15) is 0 Å². The van der Waals surface area contributed by atoms with Crippen LogP contribution in [-0.2, 0) is 0 Å². The van der Waals surface area contributed by atoms with Gasteiger partial charge in [-0.25, -0.2) is 0 Å². The Morgan fingerprint density at radius 3 is 2.44 bits per heavy atom. The summed E-state index contributed by atoms with van der Waals surface area (Å²) in [5.74, 6) is 0.719. The molecular formula is C10H14ClN5. The lowest BCUT2D eigenvalue weighted by molar-refractivity contribution is 1.12. The normalized spacial score (nSPS) is 12.4. The average molecular weight is 240 g/mol. The van der Waals surface area contributed by atoms with Gasteiger partial charge in [0.15, 0.2) is 0 Å². The van der Waals surface area contributed by atoms with Gasteiger partial charge in [0.2, 0.25) is 11.9 Å². The Hall–Kier alpha value is -1.75. The van der Waals surface area contributed by atoms with Crippen molar-refractivity contribution in [3.63, 3.8) is 0 Å². The molecule has 0 radical (unpaired) electrons. The molecule has 0 aliphatic carbocycles. The Labute approximate surface area is 99.4 Å². The van der Waals surface area contributed by atoms with Gasteiger partial charge >= 0.3 is 0 Å². The van der Waals surface area contributed by atoms with Gasteiger partial charge in [-0.15, -0.1) is 0 Å². The van der Waals surface area contributed by atoms with E-state index in [0.29, 0.717) is 11.0 Å². The van der Waals surface area contributed by atoms with Crippen molar-refractivity contribution in [3.05, 3.63) is 29.3 Å². The van der Waals surface area contributed by atoms with Crippen LogP contribution in [0.2, 0.25) is 5.02 Å². The van der Waals surface area contributed by atoms with Crippen LogP contribution in [0, 0.1) is 0 Å². The van der Waals surface area contributed by atoms with Crippen LogP contribution in [0.25, 0.3) is 0 Å². The van der Waals surface area contributed by atoms with Crippen molar-refractivity contribution in [1.29, 1.82) is 0 Å². The summed E-state index contributed by atoms with van der Waals surface area (Å²) in [4.78, 5) is 7.90. The fourth-order valence-electron chi connectivity index (χ4n) is 1.04. The van der Waals surface area contributed by atoms with Gasteiger partial charge in [-0.2, -0.15) is 4.99 Å². The molecule has 0 fully saturated rings. The van der Waals surface area contributed by atoms with E-state index < -0.39 is 0 Å². The molecule has 0 heterocycles. The number of nitrogens with zero attached hydrogens (tertiary/aromatic N) is 2. The molecule has 0 aromatic heterocycles.